The lowest BCUT2D eigenvalue weighted by molar-refractivity contribution is -0.130. The molecule has 0 bridgehead atoms. The minimum absolute atomic E-state index is 0.301. The molecule has 4 heteroatoms. The van der Waals surface area contributed by atoms with Gasteiger partial charge in [0.25, 0.3) is 0 Å². The van der Waals surface area contributed by atoms with Crippen LogP contribution in [0.25, 0.3) is 10.9 Å². The van der Waals surface area contributed by atoms with Crippen molar-refractivity contribution in [1.82, 2.24) is 9.88 Å². The van der Waals surface area contributed by atoms with Crippen molar-refractivity contribution in [2.75, 3.05) is 20.6 Å². The fourth-order valence-electron chi connectivity index (χ4n) is 2.14. The highest BCUT2D eigenvalue weighted by atomic mass is 16.5. The predicted octanol–water partition coefficient (Wildman–Crippen LogP) is 3.14. The van der Waals surface area contributed by atoms with E-state index in [0.717, 1.165) is 23.9 Å². The molecular weight excluding hydrogens is 264 g/mol. The molecule has 1 N–H and O–H groups in total. The lowest BCUT2D eigenvalue weighted by Crippen LogP contribution is -2.15. The summed E-state index contributed by atoms with van der Waals surface area (Å²) in [7, 11) is 4.09. The highest BCUT2D eigenvalue weighted by molar-refractivity contribution is 5.95. The van der Waals surface area contributed by atoms with E-state index in [1.165, 1.54) is 5.56 Å². The zero-order chi connectivity index (χ0) is 15.4. The van der Waals surface area contributed by atoms with Gasteiger partial charge in [0.1, 0.15) is 5.75 Å². The number of fused-ring (bicyclic) bond motifs is 1. The molecule has 112 valence electrons. The molecule has 0 spiro atoms. The molecule has 1 heterocycles. The number of carbonyl (C=O) groups is 1. The van der Waals surface area contributed by atoms with E-state index in [1.807, 2.05) is 45.4 Å². The van der Waals surface area contributed by atoms with Crippen molar-refractivity contribution < 1.29 is 9.53 Å². The fourth-order valence-corrected chi connectivity index (χ4v) is 2.14. The van der Waals surface area contributed by atoms with E-state index in [1.54, 1.807) is 13.0 Å². The van der Waals surface area contributed by atoms with E-state index in [-0.39, 0.29) is 5.97 Å². The lowest BCUT2D eigenvalue weighted by Gasteiger charge is -2.10. The number of carbonyl (C=O) groups excluding carboxylic acids is 1. The smallest absolute Gasteiger partial charge is 0.338 e. The third kappa shape index (κ3) is 3.52. The van der Waals surface area contributed by atoms with E-state index in [0.29, 0.717) is 11.3 Å². The predicted molar refractivity (Wildman–Crippen MR) is 85.6 cm³/mol. The topological polar surface area (TPSA) is 45.3 Å². The van der Waals surface area contributed by atoms with Crippen molar-refractivity contribution in [3.63, 3.8) is 0 Å². The first kappa shape index (κ1) is 15.3. The summed E-state index contributed by atoms with van der Waals surface area (Å²) in [6.07, 6.45) is 4.66. The van der Waals surface area contributed by atoms with Gasteiger partial charge in [-0.3, -0.25) is 0 Å². The van der Waals surface area contributed by atoms with Crippen molar-refractivity contribution in [1.29, 1.82) is 0 Å². The maximum absolute atomic E-state index is 12.0. The van der Waals surface area contributed by atoms with Gasteiger partial charge in [0.15, 0.2) is 0 Å². The van der Waals surface area contributed by atoms with E-state index < -0.39 is 0 Å². The number of aromatic nitrogens is 1. The van der Waals surface area contributed by atoms with Crippen LogP contribution in [0, 0.1) is 0 Å². The molecule has 0 aliphatic rings. The van der Waals surface area contributed by atoms with Crippen LogP contribution in [0.1, 0.15) is 19.4 Å². The number of hydrogen-bond acceptors (Lipinski definition) is 3. The van der Waals surface area contributed by atoms with Gasteiger partial charge in [0, 0.05) is 29.2 Å². The minimum Gasteiger partial charge on any atom is -0.422 e. The first-order valence-electron chi connectivity index (χ1n) is 7.11. The normalized spacial score (nSPS) is 12.1. The summed E-state index contributed by atoms with van der Waals surface area (Å²) >= 11 is 0. The van der Waals surface area contributed by atoms with E-state index in [9.17, 15) is 4.79 Å². The molecule has 0 radical (unpaired) electrons. The monoisotopic (exact) mass is 286 g/mol. The number of likely N-dealkylation sites (N-methyl/N-ethyl adjacent to an activating group) is 1. The van der Waals surface area contributed by atoms with Crippen LogP contribution >= 0.6 is 0 Å². The number of rotatable bonds is 5. The highest BCUT2D eigenvalue weighted by Gasteiger charge is 2.13. The Hall–Kier alpha value is -2.07. The Morgan fingerprint density at radius 1 is 1.38 bits per heavy atom. The molecule has 0 atom stereocenters. The van der Waals surface area contributed by atoms with Crippen molar-refractivity contribution in [3.05, 3.63) is 41.6 Å². The highest BCUT2D eigenvalue weighted by Crippen LogP contribution is 2.29. The molecular formula is C17H22N2O2. The summed E-state index contributed by atoms with van der Waals surface area (Å²) in [6, 6.07) is 5.73. The van der Waals surface area contributed by atoms with E-state index in [4.69, 9.17) is 4.74 Å². The van der Waals surface area contributed by atoms with Crippen LogP contribution < -0.4 is 4.74 Å². The van der Waals surface area contributed by atoms with Crippen LogP contribution in [0.3, 0.4) is 0 Å². The third-order valence-electron chi connectivity index (χ3n) is 3.54. The SMILES string of the molecule is C/C=C(\C)C(=O)Oc1cccc2[nH]cc(CCN(C)C)c12. The van der Waals surface area contributed by atoms with E-state index >= 15 is 0 Å². The maximum Gasteiger partial charge on any atom is 0.338 e. The molecule has 1 aromatic heterocycles. The number of H-pyrrole nitrogens is 1. The molecule has 2 aromatic rings. The van der Waals surface area contributed by atoms with Gasteiger partial charge in [-0.05, 0) is 52.1 Å². The molecule has 0 aliphatic carbocycles. The maximum atomic E-state index is 12.0. The Morgan fingerprint density at radius 2 is 2.14 bits per heavy atom. The van der Waals surface area contributed by atoms with Gasteiger partial charge in [-0.25, -0.2) is 4.79 Å². The first-order chi connectivity index (χ1) is 10.0. The van der Waals surface area contributed by atoms with Gasteiger partial charge >= 0.3 is 5.97 Å². The van der Waals surface area contributed by atoms with Crippen LogP contribution in [-0.2, 0) is 11.2 Å². The average molecular weight is 286 g/mol. The summed E-state index contributed by atoms with van der Waals surface area (Å²) in [4.78, 5) is 17.4. The summed E-state index contributed by atoms with van der Waals surface area (Å²) < 4.78 is 5.55. The Balaban J connectivity index is 2.34. The Bertz CT molecular complexity index is 668. The van der Waals surface area contributed by atoms with E-state index in [2.05, 4.69) is 9.88 Å². The second kappa shape index (κ2) is 6.59. The number of hydrogen-bond donors (Lipinski definition) is 1. The quantitative estimate of drug-likeness (QED) is 0.522. The fraction of sp³-hybridized carbons (Fsp3) is 0.353. The minimum atomic E-state index is -0.301. The molecule has 0 fully saturated rings. The molecule has 4 nitrogen and oxygen atoms in total. The van der Waals surface area contributed by atoms with Crippen LogP contribution in [0.2, 0.25) is 0 Å². The number of ether oxygens (including phenoxy) is 1. The van der Waals surface area contributed by atoms with Crippen LogP contribution in [0.15, 0.2) is 36.0 Å². The second-order valence-corrected chi connectivity index (χ2v) is 5.41. The summed E-state index contributed by atoms with van der Waals surface area (Å²) in [6.45, 7) is 4.53. The number of esters is 1. The zero-order valence-electron chi connectivity index (χ0n) is 13.1. The van der Waals surface area contributed by atoms with Gasteiger partial charge < -0.3 is 14.6 Å². The van der Waals surface area contributed by atoms with Gasteiger partial charge in [-0.15, -0.1) is 0 Å². The zero-order valence-corrected chi connectivity index (χ0v) is 13.1. The van der Waals surface area contributed by atoms with Crippen LogP contribution in [-0.4, -0.2) is 36.5 Å². The number of allylic oxidation sites excluding steroid dienone is 1. The van der Waals surface area contributed by atoms with Crippen molar-refractivity contribution >= 4 is 16.9 Å². The summed E-state index contributed by atoms with van der Waals surface area (Å²) in [5, 5.41) is 0.997. The van der Waals surface area contributed by atoms with Gasteiger partial charge in [0.05, 0.1) is 0 Å². The van der Waals surface area contributed by atoms with Gasteiger partial charge in [-0.2, -0.15) is 0 Å². The number of aromatic amines is 1. The molecule has 1 aromatic carbocycles. The third-order valence-corrected chi connectivity index (χ3v) is 3.54. The van der Waals surface area contributed by atoms with Crippen molar-refractivity contribution in [3.8, 4) is 5.75 Å². The lowest BCUT2D eigenvalue weighted by atomic mass is 10.1. The molecule has 0 aliphatic heterocycles. The van der Waals surface area contributed by atoms with Crippen LogP contribution in [0.4, 0.5) is 0 Å². The standard InChI is InChI=1S/C17H22N2O2/c1-5-12(2)17(20)21-15-8-6-7-14-16(15)13(11-18-14)9-10-19(3)4/h5-8,11,18H,9-10H2,1-4H3/b12-5+. The molecule has 2 rings (SSSR count). The number of benzene rings is 1. The molecule has 0 saturated heterocycles. The molecule has 0 saturated carbocycles. The Labute approximate surface area is 125 Å². The number of nitrogens with zero attached hydrogens (tertiary/aromatic N) is 1. The number of nitrogens with one attached hydrogen (secondary N) is 1. The first-order valence-corrected chi connectivity index (χ1v) is 7.11. The Morgan fingerprint density at radius 3 is 2.81 bits per heavy atom. The Kier molecular flexibility index (Phi) is 4.81. The molecule has 0 amide bonds. The van der Waals surface area contributed by atoms with Gasteiger partial charge in [-0.1, -0.05) is 12.1 Å². The average Bonchev–Trinajstić information content (AvgIpc) is 2.88. The largest absolute Gasteiger partial charge is 0.422 e. The summed E-state index contributed by atoms with van der Waals surface area (Å²) in [5.41, 5.74) is 2.77. The van der Waals surface area contributed by atoms with Crippen molar-refractivity contribution in [2.24, 2.45) is 0 Å². The molecule has 21 heavy (non-hydrogen) atoms. The van der Waals surface area contributed by atoms with Gasteiger partial charge in [0.2, 0.25) is 0 Å². The van der Waals surface area contributed by atoms with Crippen LogP contribution in [0.5, 0.6) is 5.75 Å². The second-order valence-electron chi connectivity index (χ2n) is 5.41. The van der Waals surface area contributed by atoms with Crippen molar-refractivity contribution in [2.45, 2.75) is 20.3 Å². The molecule has 0 unspecified atom stereocenters. The summed E-state index contributed by atoms with van der Waals surface area (Å²) in [5.74, 6) is 0.318.